The molecule has 1 nitrogen and oxygen atoms in total. The minimum atomic E-state index is -0.235. The molecule has 1 aliphatic heterocycles. The van der Waals surface area contributed by atoms with Crippen molar-refractivity contribution in [3.05, 3.63) is 70.8 Å². The summed E-state index contributed by atoms with van der Waals surface area (Å²) in [4.78, 5) is 3.04. The van der Waals surface area contributed by atoms with Crippen LogP contribution in [0.4, 0.5) is 8.78 Å². The second-order valence-corrected chi connectivity index (χ2v) is 6.96. The van der Waals surface area contributed by atoms with Crippen molar-refractivity contribution in [3.63, 3.8) is 0 Å². The van der Waals surface area contributed by atoms with Gasteiger partial charge in [-0.05, 0) is 67.0 Å². The summed E-state index contributed by atoms with van der Waals surface area (Å²) in [5, 5.41) is 0. The molecule has 0 radical (unpaired) electrons. The van der Waals surface area contributed by atoms with E-state index in [1.807, 2.05) is 26.2 Å². The lowest BCUT2D eigenvalue weighted by Gasteiger charge is -2.13. The van der Waals surface area contributed by atoms with Crippen LogP contribution in [0.15, 0.2) is 47.4 Å². The molecule has 4 heteroatoms. The Kier molecular flexibility index (Phi) is 4.83. The van der Waals surface area contributed by atoms with Crippen LogP contribution in [-0.4, -0.2) is 25.5 Å². The van der Waals surface area contributed by atoms with E-state index < -0.39 is 0 Å². The molecule has 2 aromatic carbocycles. The molecule has 0 N–H and O–H groups in total. The van der Waals surface area contributed by atoms with Crippen molar-refractivity contribution in [1.29, 1.82) is 0 Å². The number of rotatable bonds is 3. The van der Waals surface area contributed by atoms with Crippen molar-refractivity contribution in [1.82, 2.24) is 4.90 Å². The molecule has 0 amide bonds. The smallest absolute Gasteiger partial charge is 0.124 e. The monoisotopic (exact) mass is 331 g/mol. The molecule has 0 aromatic heterocycles. The zero-order valence-electron chi connectivity index (χ0n) is 13.3. The fourth-order valence-corrected chi connectivity index (χ4v) is 3.85. The van der Waals surface area contributed by atoms with E-state index in [4.69, 9.17) is 0 Å². The lowest BCUT2D eigenvalue weighted by Crippen LogP contribution is -2.12. The SMILES string of the molecule is CN(C)CC/C=C1/c2ccc(F)cc2CSc2cc(F)ccc21. The molecular formula is C19H19F2NS. The fourth-order valence-electron chi connectivity index (χ4n) is 2.77. The molecule has 2 aromatic rings. The Morgan fingerprint density at radius 1 is 1.04 bits per heavy atom. The van der Waals surface area contributed by atoms with E-state index in [0.29, 0.717) is 5.75 Å². The van der Waals surface area contributed by atoms with E-state index in [1.165, 1.54) is 12.1 Å². The molecule has 0 bridgehead atoms. The number of halogens is 2. The third-order valence-corrected chi connectivity index (χ3v) is 5.00. The van der Waals surface area contributed by atoms with Gasteiger partial charge in [0.05, 0.1) is 0 Å². The largest absolute Gasteiger partial charge is 0.309 e. The van der Waals surface area contributed by atoms with E-state index in [2.05, 4.69) is 11.0 Å². The summed E-state index contributed by atoms with van der Waals surface area (Å²) >= 11 is 1.56. The van der Waals surface area contributed by atoms with Crippen LogP contribution in [0.2, 0.25) is 0 Å². The molecular weight excluding hydrogens is 312 g/mol. The van der Waals surface area contributed by atoms with Crippen molar-refractivity contribution in [2.45, 2.75) is 17.1 Å². The van der Waals surface area contributed by atoms with E-state index in [-0.39, 0.29) is 11.6 Å². The Hall–Kier alpha value is -1.65. The van der Waals surface area contributed by atoms with Crippen LogP contribution >= 0.6 is 11.8 Å². The second-order valence-electron chi connectivity index (χ2n) is 5.94. The van der Waals surface area contributed by atoms with Crippen LogP contribution in [0, 0.1) is 11.6 Å². The molecule has 0 unspecified atom stereocenters. The third kappa shape index (κ3) is 3.65. The predicted octanol–water partition coefficient (Wildman–Crippen LogP) is 4.95. The van der Waals surface area contributed by atoms with Crippen molar-refractivity contribution in [2.24, 2.45) is 0 Å². The zero-order valence-corrected chi connectivity index (χ0v) is 14.1. The van der Waals surface area contributed by atoms with E-state index in [0.717, 1.165) is 40.1 Å². The number of fused-ring (bicyclic) bond motifs is 2. The van der Waals surface area contributed by atoms with Gasteiger partial charge in [-0.25, -0.2) is 8.78 Å². The van der Waals surface area contributed by atoms with Crippen LogP contribution < -0.4 is 0 Å². The number of hydrogen-bond acceptors (Lipinski definition) is 2. The number of nitrogens with zero attached hydrogens (tertiary/aromatic N) is 1. The van der Waals surface area contributed by atoms with Gasteiger partial charge in [0.2, 0.25) is 0 Å². The Labute approximate surface area is 140 Å². The van der Waals surface area contributed by atoms with Crippen LogP contribution in [0.3, 0.4) is 0 Å². The van der Waals surface area contributed by atoms with Gasteiger partial charge >= 0.3 is 0 Å². The molecule has 1 heterocycles. The highest BCUT2D eigenvalue weighted by atomic mass is 32.2. The highest BCUT2D eigenvalue weighted by Crippen LogP contribution is 2.40. The van der Waals surface area contributed by atoms with Gasteiger partial charge in [-0.1, -0.05) is 18.2 Å². The van der Waals surface area contributed by atoms with Crippen LogP contribution in [0.1, 0.15) is 23.1 Å². The van der Waals surface area contributed by atoms with Gasteiger partial charge in [0.25, 0.3) is 0 Å². The average molecular weight is 331 g/mol. The first-order valence-electron chi connectivity index (χ1n) is 7.61. The molecule has 1 aliphatic rings. The summed E-state index contributed by atoms with van der Waals surface area (Å²) < 4.78 is 27.2. The topological polar surface area (TPSA) is 3.24 Å². The van der Waals surface area contributed by atoms with Gasteiger partial charge in [-0.15, -0.1) is 11.8 Å². The minimum absolute atomic E-state index is 0.228. The fraction of sp³-hybridized carbons (Fsp3) is 0.263. The predicted molar refractivity (Wildman–Crippen MR) is 92.6 cm³/mol. The minimum Gasteiger partial charge on any atom is -0.309 e. The van der Waals surface area contributed by atoms with Crippen LogP contribution in [0.25, 0.3) is 5.57 Å². The third-order valence-electron chi connectivity index (χ3n) is 3.90. The lowest BCUT2D eigenvalue weighted by atomic mass is 9.93. The lowest BCUT2D eigenvalue weighted by molar-refractivity contribution is 0.417. The highest BCUT2D eigenvalue weighted by Gasteiger charge is 2.19. The van der Waals surface area contributed by atoms with Crippen molar-refractivity contribution < 1.29 is 8.78 Å². The normalized spacial score (nSPS) is 15.4. The number of hydrogen-bond donors (Lipinski definition) is 0. The second kappa shape index (κ2) is 6.85. The summed E-state index contributed by atoms with van der Waals surface area (Å²) in [5.74, 6) is 0.185. The molecule has 0 atom stereocenters. The molecule has 0 fully saturated rings. The molecule has 0 spiro atoms. The van der Waals surface area contributed by atoms with Gasteiger partial charge in [0.15, 0.2) is 0 Å². The van der Waals surface area contributed by atoms with Gasteiger partial charge in [0.1, 0.15) is 11.6 Å². The standard InChI is InChI=1S/C19H19F2NS/c1-22(2)9-3-4-17-16-7-5-14(20)10-13(16)12-23-19-11-15(21)6-8-18(17)19/h4-8,10-11H,3,9,12H2,1-2H3/b17-4-. The quantitative estimate of drug-likeness (QED) is 0.782. The molecule has 0 saturated carbocycles. The van der Waals surface area contributed by atoms with E-state index >= 15 is 0 Å². The first kappa shape index (κ1) is 16.2. The Morgan fingerprint density at radius 2 is 1.74 bits per heavy atom. The van der Waals surface area contributed by atoms with E-state index in [1.54, 1.807) is 23.9 Å². The summed E-state index contributed by atoms with van der Waals surface area (Å²) in [6, 6.07) is 9.82. The highest BCUT2D eigenvalue weighted by molar-refractivity contribution is 7.98. The van der Waals surface area contributed by atoms with Gasteiger partial charge in [0, 0.05) is 17.2 Å². The zero-order chi connectivity index (χ0) is 16.4. The summed E-state index contributed by atoms with van der Waals surface area (Å²) in [6.07, 6.45) is 3.07. The van der Waals surface area contributed by atoms with Gasteiger partial charge in [-0.3, -0.25) is 0 Å². The molecule has 3 rings (SSSR count). The van der Waals surface area contributed by atoms with Crippen molar-refractivity contribution >= 4 is 17.3 Å². The maximum atomic E-state index is 13.6. The average Bonchev–Trinajstić information content (AvgIpc) is 2.64. The Morgan fingerprint density at radius 3 is 2.48 bits per heavy atom. The van der Waals surface area contributed by atoms with E-state index in [9.17, 15) is 8.78 Å². The molecule has 0 saturated heterocycles. The molecule has 23 heavy (non-hydrogen) atoms. The van der Waals surface area contributed by atoms with Crippen LogP contribution in [-0.2, 0) is 5.75 Å². The Bertz CT molecular complexity index is 698. The first-order valence-corrected chi connectivity index (χ1v) is 8.59. The summed E-state index contributed by atoms with van der Waals surface area (Å²) in [7, 11) is 4.07. The molecule has 120 valence electrons. The van der Waals surface area contributed by atoms with Crippen molar-refractivity contribution in [2.75, 3.05) is 20.6 Å². The van der Waals surface area contributed by atoms with Crippen molar-refractivity contribution in [3.8, 4) is 0 Å². The number of benzene rings is 2. The summed E-state index contributed by atoms with van der Waals surface area (Å²) in [6.45, 7) is 0.934. The van der Waals surface area contributed by atoms with Gasteiger partial charge in [-0.2, -0.15) is 0 Å². The maximum absolute atomic E-state index is 13.6. The summed E-state index contributed by atoms with van der Waals surface area (Å²) in [5.41, 5.74) is 4.10. The maximum Gasteiger partial charge on any atom is 0.124 e. The van der Waals surface area contributed by atoms with Crippen LogP contribution in [0.5, 0.6) is 0 Å². The molecule has 0 aliphatic carbocycles. The number of thioether (sulfide) groups is 1. The van der Waals surface area contributed by atoms with Gasteiger partial charge < -0.3 is 4.90 Å². The first-order chi connectivity index (χ1) is 11.0. The Balaban J connectivity index is 2.10.